The largest absolute Gasteiger partial charge is 0.378 e. The summed E-state index contributed by atoms with van der Waals surface area (Å²) in [6.07, 6.45) is 0. The second-order valence-corrected chi connectivity index (χ2v) is 5.78. The Labute approximate surface area is 123 Å². The highest BCUT2D eigenvalue weighted by Gasteiger charge is 2.13. The van der Waals surface area contributed by atoms with Crippen LogP contribution in [-0.2, 0) is 0 Å². The Morgan fingerprint density at radius 1 is 1.16 bits per heavy atom. The number of anilines is 1. The Balaban J connectivity index is 2.31. The van der Waals surface area contributed by atoms with Gasteiger partial charge in [-0.1, -0.05) is 12.1 Å². The van der Waals surface area contributed by atoms with Crippen molar-refractivity contribution in [1.82, 2.24) is 4.98 Å². The van der Waals surface area contributed by atoms with Crippen molar-refractivity contribution in [2.75, 3.05) is 5.32 Å². The maximum absolute atomic E-state index is 4.57. The highest BCUT2D eigenvalue weighted by molar-refractivity contribution is 9.10. The van der Waals surface area contributed by atoms with Gasteiger partial charge >= 0.3 is 0 Å². The number of nitrogens with zero attached hydrogens (tertiary/aromatic N) is 1. The van der Waals surface area contributed by atoms with Crippen molar-refractivity contribution in [3.05, 3.63) is 57.3 Å². The van der Waals surface area contributed by atoms with E-state index in [0.717, 1.165) is 21.5 Å². The molecular formula is C16H19BrN2. The molecule has 2 nitrogen and oxygen atoms in total. The Morgan fingerprint density at radius 2 is 1.84 bits per heavy atom. The number of rotatable bonds is 3. The molecule has 1 aromatic carbocycles. The van der Waals surface area contributed by atoms with Crippen LogP contribution in [0.3, 0.4) is 0 Å². The molecule has 2 rings (SSSR count). The molecule has 0 saturated heterocycles. The average molecular weight is 319 g/mol. The number of halogens is 1. The van der Waals surface area contributed by atoms with E-state index in [0.29, 0.717) is 0 Å². The molecule has 1 N–H and O–H groups in total. The Kier molecular flexibility index (Phi) is 4.25. The molecule has 1 atom stereocenters. The number of benzene rings is 1. The number of aryl methyl sites for hydroxylation is 3. The highest BCUT2D eigenvalue weighted by atomic mass is 79.9. The Hall–Kier alpha value is -1.35. The minimum absolute atomic E-state index is 0.229. The number of hydrogen-bond donors (Lipinski definition) is 1. The number of aromatic nitrogens is 1. The second kappa shape index (κ2) is 5.74. The summed E-state index contributed by atoms with van der Waals surface area (Å²) >= 11 is 3.57. The first-order chi connectivity index (χ1) is 8.99. The van der Waals surface area contributed by atoms with Gasteiger partial charge in [-0.2, -0.15) is 0 Å². The summed E-state index contributed by atoms with van der Waals surface area (Å²) < 4.78 is 1.08. The Bertz CT molecular complexity index is 570. The quantitative estimate of drug-likeness (QED) is 0.866. The lowest BCUT2D eigenvalue weighted by Gasteiger charge is -2.20. The molecule has 0 bridgehead atoms. The number of para-hydroxylation sites is 1. The van der Waals surface area contributed by atoms with Crippen molar-refractivity contribution in [1.29, 1.82) is 0 Å². The molecule has 0 aliphatic rings. The fourth-order valence-corrected chi connectivity index (χ4v) is 2.97. The van der Waals surface area contributed by atoms with Gasteiger partial charge in [-0.15, -0.1) is 0 Å². The minimum atomic E-state index is 0.229. The lowest BCUT2D eigenvalue weighted by atomic mass is 10.00. The van der Waals surface area contributed by atoms with Gasteiger partial charge in [0.2, 0.25) is 0 Å². The topological polar surface area (TPSA) is 24.9 Å². The van der Waals surface area contributed by atoms with Crippen LogP contribution in [-0.4, -0.2) is 4.98 Å². The first-order valence-electron chi connectivity index (χ1n) is 6.45. The van der Waals surface area contributed by atoms with Crippen LogP contribution in [0, 0.1) is 20.8 Å². The van der Waals surface area contributed by atoms with Gasteiger partial charge in [-0.05, 0) is 73.0 Å². The van der Waals surface area contributed by atoms with Crippen molar-refractivity contribution in [2.24, 2.45) is 0 Å². The van der Waals surface area contributed by atoms with E-state index in [2.05, 4.69) is 59.1 Å². The van der Waals surface area contributed by atoms with Crippen LogP contribution < -0.4 is 5.32 Å². The van der Waals surface area contributed by atoms with E-state index in [4.69, 9.17) is 0 Å². The van der Waals surface area contributed by atoms with E-state index < -0.39 is 0 Å². The third-order valence-corrected chi connectivity index (χ3v) is 3.95. The summed E-state index contributed by atoms with van der Waals surface area (Å²) in [7, 11) is 0. The lowest BCUT2D eigenvalue weighted by molar-refractivity contribution is 0.842. The maximum Gasteiger partial charge on any atom is 0.0506 e. The number of nitrogens with one attached hydrogen (secondary N) is 1. The molecule has 0 aliphatic carbocycles. The molecular weight excluding hydrogens is 300 g/mol. The zero-order valence-electron chi connectivity index (χ0n) is 11.8. The molecule has 1 aromatic heterocycles. The molecule has 100 valence electrons. The van der Waals surface area contributed by atoms with Crippen LogP contribution >= 0.6 is 15.9 Å². The van der Waals surface area contributed by atoms with Crippen molar-refractivity contribution < 1.29 is 0 Å². The van der Waals surface area contributed by atoms with Crippen molar-refractivity contribution in [3.8, 4) is 0 Å². The molecule has 0 amide bonds. The van der Waals surface area contributed by atoms with Crippen molar-refractivity contribution in [2.45, 2.75) is 33.7 Å². The monoisotopic (exact) mass is 318 g/mol. The van der Waals surface area contributed by atoms with Gasteiger partial charge < -0.3 is 5.32 Å². The molecule has 0 radical (unpaired) electrons. The predicted molar refractivity (Wildman–Crippen MR) is 84.6 cm³/mol. The predicted octanol–water partition coefficient (Wildman–Crippen LogP) is 4.94. The standard InChI is InChI=1S/C16H19BrN2/c1-10-9-11(2)18-12(3)16(10)13(4)19-15-8-6-5-7-14(15)17/h5-9,13,19H,1-4H3. The SMILES string of the molecule is Cc1cc(C)c(C(C)Nc2ccccc2Br)c(C)n1. The summed E-state index contributed by atoms with van der Waals surface area (Å²) in [6, 6.07) is 10.5. The summed E-state index contributed by atoms with van der Waals surface area (Å²) in [4.78, 5) is 4.57. The van der Waals surface area contributed by atoms with Crippen molar-refractivity contribution >= 4 is 21.6 Å². The first kappa shape index (κ1) is 14.1. The van der Waals surface area contributed by atoms with Gasteiger partial charge in [0.05, 0.1) is 6.04 Å². The number of hydrogen-bond acceptors (Lipinski definition) is 2. The van der Waals surface area contributed by atoms with Gasteiger partial charge in [0.1, 0.15) is 0 Å². The van der Waals surface area contributed by atoms with Gasteiger partial charge in [0.25, 0.3) is 0 Å². The normalized spacial score (nSPS) is 12.3. The van der Waals surface area contributed by atoms with Gasteiger partial charge in [0.15, 0.2) is 0 Å². The molecule has 1 heterocycles. The summed E-state index contributed by atoms with van der Waals surface area (Å²) in [5, 5.41) is 3.54. The smallest absolute Gasteiger partial charge is 0.0506 e. The molecule has 0 fully saturated rings. The van der Waals surface area contributed by atoms with E-state index >= 15 is 0 Å². The van der Waals surface area contributed by atoms with E-state index in [1.54, 1.807) is 0 Å². The van der Waals surface area contributed by atoms with Crippen LogP contribution in [0.4, 0.5) is 5.69 Å². The fraction of sp³-hybridized carbons (Fsp3) is 0.312. The highest BCUT2D eigenvalue weighted by Crippen LogP contribution is 2.28. The summed E-state index contributed by atoms with van der Waals surface area (Å²) in [5.74, 6) is 0. The zero-order valence-corrected chi connectivity index (χ0v) is 13.4. The molecule has 0 aliphatic heterocycles. The van der Waals surface area contributed by atoms with Gasteiger partial charge in [-0.3, -0.25) is 4.98 Å². The second-order valence-electron chi connectivity index (χ2n) is 4.93. The summed E-state index contributed by atoms with van der Waals surface area (Å²) in [6.45, 7) is 8.43. The zero-order chi connectivity index (χ0) is 14.0. The molecule has 19 heavy (non-hydrogen) atoms. The third-order valence-electron chi connectivity index (χ3n) is 3.26. The maximum atomic E-state index is 4.57. The van der Waals surface area contributed by atoms with Gasteiger partial charge in [-0.25, -0.2) is 0 Å². The molecule has 3 heteroatoms. The van der Waals surface area contributed by atoms with Crippen LogP contribution in [0.25, 0.3) is 0 Å². The molecule has 0 spiro atoms. The number of pyridine rings is 1. The third kappa shape index (κ3) is 3.16. The van der Waals surface area contributed by atoms with Crippen LogP contribution in [0.15, 0.2) is 34.8 Å². The Morgan fingerprint density at radius 3 is 2.47 bits per heavy atom. The van der Waals surface area contributed by atoms with Crippen LogP contribution in [0.5, 0.6) is 0 Å². The molecule has 0 saturated carbocycles. The van der Waals surface area contributed by atoms with Crippen LogP contribution in [0.2, 0.25) is 0 Å². The fourth-order valence-electron chi connectivity index (χ4n) is 2.57. The lowest BCUT2D eigenvalue weighted by Crippen LogP contribution is -2.11. The minimum Gasteiger partial charge on any atom is -0.378 e. The average Bonchev–Trinajstić information content (AvgIpc) is 2.30. The van der Waals surface area contributed by atoms with E-state index in [1.807, 2.05) is 25.1 Å². The molecule has 1 unspecified atom stereocenters. The van der Waals surface area contributed by atoms with Gasteiger partial charge in [0, 0.05) is 21.5 Å². The van der Waals surface area contributed by atoms with E-state index in [-0.39, 0.29) is 6.04 Å². The van der Waals surface area contributed by atoms with Crippen LogP contribution in [0.1, 0.15) is 35.5 Å². The molecule has 2 aromatic rings. The first-order valence-corrected chi connectivity index (χ1v) is 7.24. The van der Waals surface area contributed by atoms with E-state index in [1.165, 1.54) is 11.1 Å². The van der Waals surface area contributed by atoms with E-state index in [9.17, 15) is 0 Å². The van der Waals surface area contributed by atoms with Crippen molar-refractivity contribution in [3.63, 3.8) is 0 Å². The summed E-state index contributed by atoms with van der Waals surface area (Å²) in [5.41, 5.74) is 5.85.